The quantitative estimate of drug-likeness (QED) is 0.568. The fourth-order valence-corrected chi connectivity index (χ4v) is 1.40. The molecule has 0 unspecified atom stereocenters. The van der Waals surface area contributed by atoms with Crippen molar-refractivity contribution in [3.05, 3.63) is 29.8 Å². The van der Waals surface area contributed by atoms with E-state index in [2.05, 4.69) is 23.5 Å². The van der Waals surface area contributed by atoms with Crippen molar-refractivity contribution < 1.29 is 17.9 Å². The molecule has 0 aliphatic carbocycles. The Bertz CT molecular complexity index is 427. The van der Waals surface area contributed by atoms with Crippen LogP contribution >= 0.6 is 0 Å². The van der Waals surface area contributed by atoms with Crippen LogP contribution in [0.4, 0.5) is 13.2 Å². The van der Waals surface area contributed by atoms with Crippen LogP contribution in [0.25, 0.3) is 0 Å². The highest BCUT2D eigenvalue weighted by atomic mass is 19.4. The first-order chi connectivity index (χ1) is 8.53. The van der Waals surface area contributed by atoms with E-state index in [0.29, 0.717) is 6.42 Å². The van der Waals surface area contributed by atoms with E-state index in [1.165, 1.54) is 18.2 Å². The van der Waals surface area contributed by atoms with Crippen LogP contribution in [-0.2, 0) is 0 Å². The summed E-state index contributed by atoms with van der Waals surface area (Å²) in [5, 5.41) is 0. The summed E-state index contributed by atoms with van der Waals surface area (Å²) in [6.45, 7) is 2.08. The Labute approximate surface area is 105 Å². The first-order valence-electron chi connectivity index (χ1n) is 5.86. The number of halogens is 3. The van der Waals surface area contributed by atoms with E-state index in [1.54, 1.807) is 6.07 Å². The molecule has 0 bridgehead atoms. The van der Waals surface area contributed by atoms with Gasteiger partial charge in [0.2, 0.25) is 0 Å². The number of unbranched alkanes of at least 4 members (excludes halogenated alkanes) is 3. The zero-order valence-corrected chi connectivity index (χ0v) is 10.2. The van der Waals surface area contributed by atoms with Gasteiger partial charge < -0.3 is 4.74 Å². The minimum absolute atomic E-state index is 0.243. The van der Waals surface area contributed by atoms with Crippen LogP contribution in [0.15, 0.2) is 24.3 Å². The van der Waals surface area contributed by atoms with Gasteiger partial charge in [0.15, 0.2) is 0 Å². The Balaban J connectivity index is 2.70. The molecule has 1 rings (SSSR count). The smallest absolute Gasteiger partial charge is 0.404 e. The number of hydrogen-bond donors (Lipinski definition) is 0. The summed E-state index contributed by atoms with van der Waals surface area (Å²) in [4.78, 5) is 0. The molecule has 0 N–H and O–H groups in total. The average Bonchev–Trinajstić information content (AvgIpc) is 2.29. The molecule has 0 aliphatic rings. The van der Waals surface area contributed by atoms with Crippen molar-refractivity contribution in [3.63, 3.8) is 0 Å². The highest BCUT2D eigenvalue weighted by Crippen LogP contribution is 2.25. The van der Waals surface area contributed by atoms with Gasteiger partial charge in [-0.3, -0.25) is 0 Å². The van der Waals surface area contributed by atoms with Gasteiger partial charge in [-0.2, -0.15) is 0 Å². The molecule has 0 fully saturated rings. The number of hydrogen-bond acceptors (Lipinski definition) is 1. The van der Waals surface area contributed by atoms with E-state index in [4.69, 9.17) is 0 Å². The molecule has 0 saturated heterocycles. The normalized spacial score (nSPS) is 10.7. The number of alkyl halides is 3. The zero-order valence-electron chi connectivity index (χ0n) is 10.2. The van der Waals surface area contributed by atoms with Crippen LogP contribution in [0.2, 0.25) is 0 Å². The molecule has 0 amide bonds. The van der Waals surface area contributed by atoms with E-state index in [-0.39, 0.29) is 11.3 Å². The average molecular weight is 256 g/mol. The Morgan fingerprint density at radius 2 is 1.89 bits per heavy atom. The van der Waals surface area contributed by atoms with Gasteiger partial charge in [0, 0.05) is 6.42 Å². The molecule has 0 radical (unpaired) electrons. The second kappa shape index (κ2) is 6.95. The summed E-state index contributed by atoms with van der Waals surface area (Å²) in [5.41, 5.74) is 0.270. The van der Waals surface area contributed by atoms with Crippen molar-refractivity contribution in [3.8, 4) is 17.6 Å². The predicted molar refractivity (Wildman–Crippen MR) is 64.1 cm³/mol. The van der Waals surface area contributed by atoms with E-state index in [9.17, 15) is 13.2 Å². The van der Waals surface area contributed by atoms with Crippen LogP contribution in [-0.4, -0.2) is 6.36 Å². The summed E-state index contributed by atoms with van der Waals surface area (Å²) in [7, 11) is 0. The van der Waals surface area contributed by atoms with Crippen LogP contribution in [0.1, 0.15) is 38.2 Å². The molecule has 18 heavy (non-hydrogen) atoms. The molecule has 0 saturated carbocycles. The molecule has 4 heteroatoms. The monoisotopic (exact) mass is 256 g/mol. The van der Waals surface area contributed by atoms with Gasteiger partial charge in [-0.15, -0.1) is 13.2 Å². The predicted octanol–water partition coefficient (Wildman–Crippen LogP) is 4.52. The summed E-state index contributed by atoms with van der Waals surface area (Å²) >= 11 is 0. The molecule has 0 aliphatic heterocycles. The summed E-state index contributed by atoms with van der Waals surface area (Å²) in [5.74, 6) is 5.34. The molecular formula is C14H15F3O. The number of para-hydroxylation sites is 1. The third-order valence-corrected chi connectivity index (χ3v) is 2.24. The summed E-state index contributed by atoms with van der Waals surface area (Å²) in [6.07, 6.45) is -0.856. The van der Waals surface area contributed by atoms with Gasteiger partial charge in [0.25, 0.3) is 0 Å². The molecule has 0 atom stereocenters. The molecule has 1 aromatic rings. The highest BCUT2D eigenvalue weighted by Gasteiger charge is 2.31. The molecule has 0 spiro atoms. The molecule has 1 aromatic carbocycles. The van der Waals surface area contributed by atoms with E-state index < -0.39 is 6.36 Å². The Kier molecular flexibility index (Phi) is 5.57. The summed E-state index contributed by atoms with van der Waals surface area (Å²) in [6, 6.07) is 5.92. The lowest BCUT2D eigenvalue weighted by Gasteiger charge is -2.09. The Hall–Kier alpha value is -1.63. The molecule has 0 aromatic heterocycles. The van der Waals surface area contributed by atoms with Gasteiger partial charge in [-0.1, -0.05) is 43.7 Å². The maximum Gasteiger partial charge on any atom is 0.573 e. The first-order valence-corrected chi connectivity index (χ1v) is 5.86. The minimum Gasteiger partial charge on any atom is -0.404 e. The van der Waals surface area contributed by atoms with Crippen molar-refractivity contribution in [2.45, 2.75) is 39.0 Å². The summed E-state index contributed by atoms with van der Waals surface area (Å²) < 4.78 is 40.3. The van der Waals surface area contributed by atoms with E-state index in [0.717, 1.165) is 19.3 Å². The SMILES string of the molecule is CCCCCC#Cc1ccccc1OC(F)(F)F. The maximum atomic E-state index is 12.1. The second-order valence-electron chi connectivity index (χ2n) is 3.80. The second-order valence-corrected chi connectivity index (χ2v) is 3.80. The first kappa shape index (κ1) is 14.4. The minimum atomic E-state index is -4.68. The van der Waals surface area contributed by atoms with Gasteiger partial charge in [0.05, 0.1) is 5.56 Å². The topological polar surface area (TPSA) is 9.23 Å². The third-order valence-electron chi connectivity index (χ3n) is 2.24. The van der Waals surface area contributed by atoms with Gasteiger partial charge in [-0.05, 0) is 18.6 Å². The largest absolute Gasteiger partial charge is 0.573 e. The third kappa shape index (κ3) is 5.62. The van der Waals surface area contributed by atoms with Crippen LogP contribution < -0.4 is 4.74 Å². The van der Waals surface area contributed by atoms with Crippen molar-refractivity contribution in [2.75, 3.05) is 0 Å². The van der Waals surface area contributed by atoms with Crippen LogP contribution in [0.3, 0.4) is 0 Å². The van der Waals surface area contributed by atoms with Gasteiger partial charge in [-0.25, -0.2) is 0 Å². The fraction of sp³-hybridized carbons (Fsp3) is 0.429. The van der Waals surface area contributed by atoms with E-state index in [1.807, 2.05) is 0 Å². The lowest BCUT2D eigenvalue weighted by molar-refractivity contribution is -0.274. The molecule has 0 heterocycles. The van der Waals surface area contributed by atoms with Crippen molar-refractivity contribution in [2.24, 2.45) is 0 Å². The number of benzene rings is 1. The molecule has 1 nitrogen and oxygen atoms in total. The van der Waals surface area contributed by atoms with Crippen LogP contribution in [0.5, 0.6) is 5.75 Å². The van der Waals surface area contributed by atoms with Crippen molar-refractivity contribution >= 4 is 0 Å². The van der Waals surface area contributed by atoms with Gasteiger partial charge >= 0.3 is 6.36 Å². The molecule has 98 valence electrons. The molecular weight excluding hydrogens is 241 g/mol. The van der Waals surface area contributed by atoms with E-state index >= 15 is 0 Å². The van der Waals surface area contributed by atoms with Crippen LogP contribution in [0, 0.1) is 11.8 Å². The fourth-order valence-electron chi connectivity index (χ4n) is 1.40. The van der Waals surface area contributed by atoms with Crippen molar-refractivity contribution in [1.82, 2.24) is 0 Å². The number of ether oxygens (including phenoxy) is 1. The Morgan fingerprint density at radius 1 is 1.17 bits per heavy atom. The zero-order chi connectivity index (χ0) is 13.4. The number of rotatable bonds is 4. The lowest BCUT2D eigenvalue weighted by atomic mass is 10.1. The van der Waals surface area contributed by atoms with Crippen molar-refractivity contribution in [1.29, 1.82) is 0 Å². The lowest BCUT2D eigenvalue weighted by Crippen LogP contribution is -2.17. The highest BCUT2D eigenvalue weighted by molar-refractivity contribution is 5.45. The van der Waals surface area contributed by atoms with Gasteiger partial charge in [0.1, 0.15) is 5.75 Å². The Morgan fingerprint density at radius 3 is 2.56 bits per heavy atom. The standard InChI is InChI=1S/C14H15F3O/c1-2-3-4-5-6-9-12-10-7-8-11-13(12)18-14(15,16)17/h7-8,10-11H,2-5H2,1H3. The maximum absolute atomic E-state index is 12.1.